The van der Waals surface area contributed by atoms with Crippen molar-refractivity contribution in [3.63, 3.8) is 0 Å². The summed E-state index contributed by atoms with van der Waals surface area (Å²) in [6.07, 6.45) is 4.01. The van der Waals surface area contributed by atoms with Crippen LogP contribution in [-0.4, -0.2) is 22.0 Å². The van der Waals surface area contributed by atoms with Gasteiger partial charge in [-0.1, -0.05) is 60.5 Å². The minimum Gasteiger partial charge on any atom is -0.352 e. The van der Waals surface area contributed by atoms with Crippen LogP contribution in [0.25, 0.3) is 11.0 Å². The number of amides is 1. The molecule has 1 amide bonds. The molecule has 4 rings (SSSR count). The predicted octanol–water partition coefficient (Wildman–Crippen LogP) is 5.84. The van der Waals surface area contributed by atoms with Gasteiger partial charge in [0.15, 0.2) is 0 Å². The summed E-state index contributed by atoms with van der Waals surface area (Å²) in [6.45, 7) is 5.87. The van der Waals surface area contributed by atoms with E-state index in [1.165, 1.54) is 22.2 Å². The third-order valence-corrected chi connectivity index (χ3v) is 5.97. The van der Waals surface area contributed by atoms with Gasteiger partial charge in [-0.25, -0.2) is 4.98 Å². The summed E-state index contributed by atoms with van der Waals surface area (Å²) in [6, 6.07) is 24.4. The molecule has 0 radical (unpaired) electrons. The van der Waals surface area contributed by atoms with Gasteiger partial charge in [0, 0.05) is 25.1 Å². The van der Waals surface area contributed by atoms with Crippen LogP contribution in [0.1, 0.15) is 52.1 Å². The topological polar surface area (TPSA) is 46.9 Å². The Morgan fingerprint density at radius 1 is 0.906 bits per heavy atom. The molecule has 4 aromatic rings. The lowest BCUT2D eigenvalue weighted by Crippen LogP contribution is -2.24. The molecule has 0 aliphatic carbocycles. The second-order valence-electron chi connectivity index (χ2n) is 8.47. The van der Waals surface area contributed by atoms with Crippen LogP contribution < -0.4 is 5.32 Å². The van der Waals surface area contributed by atoms with Gasteiger partial charge in [-0.15, -0.1) is 0 Å². The minimum absolute atomic E-state index is 0.000849. The maximum atomic E-state index is 12.1. The molecule has 0 bridgehead atoms. The van der Waals surface area contributed by atoms with Gasteiger partial charge in [-0.2, -0.15) is 0 Å². The highest BCUT2D eigenvalue weighted by Gasteiger charge is 2.12. The Bertz CT molecular complexity index is 1190. The Labute approximate surface area is 190 Å². The second-order valence-corrected chi connectivity index (χ2v) is 8.47. The summed E-state index contributed by atoms with van der Waals surface area (Å²) in [4.78, 5) is 17.1. The average Bonchev–Trinajstić information content (AvgIpc) is 3.16. The number of benzene rings is 3. The van der Waals surface area contributed by atoms with E-state index in [-0.39, 0.29) is 5.91 Å². The Hall–Kier alpha value is -3.40. The first-order valence-corrected chi connectivity index (χ1v) is 11.5. The lowest BCUT2D eigenvalue weighted by atomic mass is 10.1. The van der Waals surface area contributed by atoms with Crippen LogP contribution in [0.3, 0.4) is 0 Å². The molecule has 0 saturated heterocycles. The maximum absolute atomic E-state index is 12.1. The summed E-state index contributed by atoms with van der Waals surface area (Å²) in [5, 5.41) is 3.01. The Morgan fingerprint density at radius 3 is 2.53 bits per heavy atom. The molecule has 3 aromatic carbocycles. The second kappa shape index (κ2) is 10.3. The largest absolute Gasteiger partial charge is 0.352 e. The average molecular weight is 426 g/mol. The third-order valence-electron chi connectivity index (χ3n) is 5.97. The normalized spacial score (nSPS) is 11.1. The number of fused-ring (bicyclic) bond motifs is 1. The SMILES string of the molecule is Cc1ccc(C)c(Cn2c(CCCCCNC(=O)c3ccccc3)nc3ccccc32)c1. The first-order chi connectivity index (χ1) is 15.6. The molecule has 0 spiro atoms. The molecular formula is C28H31N3O. The number of unbranched alkanes of at least 4 members (excludes halogenated alkanes) is 2. The van der Waals surface area contributed by atoms with Crippen LogP contribution in [0.15, 0.2) is 72.8 Å². The van der Waals surface area contributed by atoms with Crippen LogP contribution >= 0.6 is 0 Å². The van der Waals surface area contributed by atoms with Gasteiger partial charge in [0.25, 0.3) is 5.91 Å². The smallest absolute Gasteiger partial charge is 0.251 e. The summed E-state index contributed by atoms with van der Waals surface area (Å²) >= 11 is 0. The highest BCUT2D eigenvalue weighted by Crippen LogP contribution is 2.21. The van der Waals surface area contributed by atoms with Crippen LogP contribution in [0.4, 0.5) is 0 Å². The Kier molecular flexibility index (Phi) is 7.00. The van der Waals surface area contributed by atoms with E-state index in [1.807, 2.05) is 30.3 Å². The number of hydrogen-bond donors (Lipinski definition) is 1. The van der Waals surface area contributed by atoms with Crippen molar-refractivity contribution in [2.24, 2.45) is 0 Å². The van der Waals surface area contributed by atoms with Crippen molar-refractivity contribution >= 4 is 16.9 Å². The number of carbonyl (C=O) groups is 1. The molecule has 0 aliphatic heterocycles. The molecule has 0 saturated carbocycles. The molecule has 0 atom stereocenters. The van der Waals surface area contributed by atoms with E-state index in [0.29, 0.717) is 12.1 Å². The van der Waals surface area contributed by atoms with E-state index >= 15 is 0 Å². The molecule has 1 N–H and O–H groups in total. The number of aromatic nitrogens is 2. The van der Waals surface area contributed by atoms with E-state index < -0.39 is 0 Å². The van der Waals surface area contributed by atoms with Crippen molar-refractivity contribution in [1.82, 2.24) is 14.9 Å². The fourth-order valence-electron chi connectivity index (χ4n) is 4.11. The van der Waals surface area contributed by atoms with Gasteiger partial charge in [0.2, 0.25) is 0 Å². The molecular weight excluding hydrogens is 394 g/mol. The van der Waals surface area contributed by atoms with Crippen LogP contribution in [0.5, 0.6) is 0 Å². The molecule has 0 fully saturated rings. The third kappa shape index (κ3) is 5.25. The maximum Gasteiger partial charge on any atom is 0.251 e. The fourth-order valence-corrected chi connectivity index (χ4v) is 4.11. The first-order valence-electron chi connectivity index (χ1n) is 11.5. The molecule has 164 valence electrons. The molecule has 4 nitrogen and oxygen atoms in total. The van der Waals surface area contributed by atoms with E-state index in [2.05, 4.69) is 66.2 Å². The zero-order valence-corrected chi connectivity index (χ0v) is 19.0. The van der Waals surface area contributed by atoms with E-state index in [4.69, 9.17) is 4.98 Å². The first kappa shape index (κ1) is 21.8. The van der Waals surface area contributed by atoms with Crippen molar-refractivity contribution in [3.8, 4) is 0 Å². The molecule has 4 heteroatoms. The van der Waals surface area contributed by atoms with Gasteiger partial charge in [0.05, 0.1) is 11.0 Å². The van der Waals surface area contributed by atoms with Gasteiger partial charge in [-0.3, -0.25) is 4.79 Å². The number of nitrogens with one attached hydrogen (secondary N) is 1. The van der Waals surface area contributed by atoms with E-state index in [0.717, 1.165) is 43.6 Å². The summed E-state index contributed by atoms with van der Waals surface area (Å²) in [5.41, 5.74) is 6.91. The van der Waals surface area contributed by atoms with Crippen LogP contribution in [0.2, 0.25) is 0 Å². The van der Waals surface area contributed by atoms with Gasteiger partial charge in [-0.05, 0) is 62.1 Å². The van der Waals surface area contributed by atoms with Crippen molar-refractivity contribution < 1.29 is 4.79 Å². The van der Waals surface area contributed by atoms with E-state index in [1.54, 1.807) is 0 Å². The minimum atomic E-state index is 0.000849. The fraction of sp³-hybridized carbons (Fsp3) is 0.286. The molecule has 1 heterocycles. The van der Waals surface area contributed by atoms with Gasteiger partial charge < -0.3 is 9.88 Å². The Morgan fingerprint density at radius 2 is 1.69 bits per heavy atom. The van der Waals surface area contributed by atoms with Crippen molar-refractivity contribution in [3.05, 3.63) is 101 Å². The predicted molar refractivity (Wildman–Crippen MR) is 131 cm³/mol. The summed E-state index contributed by atoms with van der Waals surface area (Å²) < 4.78 is 2.37. The summed E-state index contributed by atoms with van der Waals surface area (Å²) in [7, 11) is 0. The van der Waals surface area contributed by atoms with Gasteiger partial charge >= 0.3 is 0 Å². The molecule has 0 aliphatic rings. The number of imidazole rings is 1. The standard InChI is InChI=1S/C28H31N3O/c1-21-16-17-22(2)24(19-21)20-31-26-14-9-8-13-25(26)30-27(31)15-7-4-10-18-29-28(32)23-11-5-3-6-12-23/h3,5-6,8-9,11-14,16-17,19H,4,7,10,15,18,20H2,1-2H3,(H,29,32). The van der Waals surface area contributed by atoms with Crippen molar-refractivity contribution in [2.75, 3.05) is 6.54 Å². The number of hydrogen-bond acceptors (Lipinski definition) is 2. The number of nitrogens with zero attached hydrogens (tertiary/aromatic N) is 2. The lowest BCUT2D eigenvalue weighted by Gasteiger charge is -2.12. The monoisotopic (exact) mass is 425 g/mol. The van der Waals surface area contributed by atoms with Crippen LogP contribution in [0, 0.1) is 13.8 Å². The number of aryl methyl sites for hydroxylation is 3. The number of carbonyl (C=O) groups excluding carboxylic acids is 1. The highest BCUT2D eigenvalue weighted by molar-refractivity contribution is 5.94. The molecule has 0 unspecified atom stereocenters. The van der Waals surface area contributed by atoms with Crippen molar-refractivity contribution in [1.29, 1.82) is 0 Å². The highest BCUT2D eigenvalue weighted by atomic mass is 16.1. The quantitative estimate of drug-likeness (QED) is 0.342. The van der Waals surface area contributed by atoms with Crippen molar-refractivity contribution in [2.45, 2.75) is 46.1 Å². The number of rotatable bonds is 9. The zero-order chi connectivity index (χ0) is 22.3. The van der Waals surface area contributed by atoms with Crippen LogP contribution in [-0.2, 0) is 13.0 Å². The molecule has 32 heavy (non-hydrogen) atoms. The lowest BCUT2D eigenvalue weighted by molar-refractivity contribution is 0.0953. The number of para-hydroxylation sites is 2. The zero-order valence-electron chi connectivity index (χ0n) is 19.0. The Balaban J connectivity index is 1.36. The van der Waals surface area contributed by atoms with Gasteiger partial charge in [0.1, 0.15) is 5.82 Å². The van der Waals surface area contributed by atoms with E-state index in [9.17, 15) is 4.79 Å². The summed E-state index contributed by atoms with van der Waals surface area (Å²) in [5.74, 6) is 1.14. The molecule has 1 aromatic heterocycles.